The standard InChI is InChI=1S/C9H6ClNO/c10-8-3-1-2-6-7(8)5-12-9(6)4-11/h1-3,9H,5H2. The number of fused-ring (bicyclic) bond motifs is 1. The smallest absolute Gasteiger partial charge is 0.169 e. The quantitative estimate of drug-likeness (QED) is 0.613. The molecule has 0 fully saturated rings. The zero-order chi connectivity index (χ0) is 8.55. The van der Waals surface area contributed by atoms with Crippen molar-refractivity contribution in [2.24, 2.45) is 0 Å². The first kappa shape index (κ1) is 7.60. The topological polar surface area (TPSA) is 33.0 Å². The summed E-state index contributed by atoms with van der Waals surface area (Å²) in [7, 11) is 0. The van der Waals surface area contributed by atoms with Gasteiger partial charge in [-0.05, 0) is 6.07 Å². The molecule has 0 spiro atoms. The lowest BCUT2D eigenvalue weighted by molar-refractivity contribution is 0.104. The molecule has 3 heteroatoms. The van der Waals surface area contributed by atoms with Crippen LogP contribution in [0.15, 0.2) is 18.2 Å². The molecule has 0 aliphatic carbocycles. The maximum atomic E-state index is 8.69. The predicted octanol–water partition coefficient (Wildman–Crippen LogP) is 2.43. The highest BCUT2D eigenvalue weighted by molar-refractivity contribution is 6.31. The molecule has 0 aromatic heterocycles. The fourth-order valence-electron chi connectivity index (χ4n) is 1.34. The van der Waals surface area contributed by atoms with Gasteiger partial charge in [0, 0.05) is 16.1 Å². The highest BCUT2D eigenvalue weighted by Crippen LogP contribution is 2.34. The maximum absolute atomic E-state index is 8.69. The Labute approximate surface area is 75.3 Å². The molecule has 60 valence electrons. The lowest BCUT2D eigenvalue weighted by atomic mass is 10.1. The third-order valence-electron chi connectivity index (χ3n) is 1.95. The summed E-state index contributed by atoms with van der Waals surface area (Å²) in [6.45, 7) is 0.452. The van der Waals surface area contributed by atoms with E-state index in [0.717, 1.165) is 11.1 Å². The second-order valence-electron chi connectivity index (χ2n) is 2.63. The Bertz CT molecular complexity index is 356. The molecule has 0 N–H and O–H groups in total. The number of nitriles is 1. The Morgan fingerprint density at radius 3 is 3.17 bits per heavy atom. The molecule has 0 saturated carbocycles. The predicted molar refractivity (Wildman–Crippen MR) is 44.6 cm³/mol. The molecule has 1 atom stereocenters. The molecule has 1 heterocycles. The maximum Gasteiger partial charge on any atom is 0.169 e. The van der Waals surface area contributed by atoms with Crippen molar-refractivity contribution in [3.05, 3.63) is 34.3 Å². The highest BCUT2D eigenvalue weighted by Gasteiger charge is 2.23. The zero-order valence-electron chi connectivity index (χ0n) is 6.25. The molecular weight excluding hydrogens is 174 g/mol. The lowest BCUT2D eigenvalue weighted by Crippen LogP contribution is -1.89. The second-order valence-corrected chi connectivity index (χ2v) is 3.03. The molecule has 12 heavy (non-hydrogen) atoms. The fraction of sp³-hybridized carbons (Fsp3) is 0.222. The molecule has 1 unspecified atom stereocenters. The van der Waals surface area contributed by atoms with E-state index in [2.05, 4.69) is 6.07 Å². The van der Waals surface area contributed by atoms with Crippen LogP contribution in [0.3, 0.4) is 0 Å². The van der Waals surface area contributed by atoms with Crippen molar-refractivity contribution >= 4 is 11.6 Å². The van der Waals surface area contributed by atoms with E-state index in [1.54, 1.807) is 0 Å². The minimum atomic E-state index is -0.432. The van der Waals surface area contributed by atoms with Crippen molar-refractivity contribution < 1.29 is 4.74 Å². The first-order chi connectivity index (χ1) is 5.83. The Kier molecular flexibility index (Phi) is 1.76. The number of rotatable bonds is 0. The highest BCUT2D eigenvalue weighted by atomic mass is 35.5. The fourth-order valence-corrected chi connectivity index (χ4v) is 1.57. The van der Waals surface area contributed by atoms with E-state index in [-0.39, 0.29) is 0 Å². The van der Waals surface area contributed by atoms with Gasteiger partial charge in [0.2, 0.25) is 0 Å². The van der Waals surface area contributed by atoms with Crippen LogP contribution in [0.4, 0.5) is 0 Å². The lowest BCUT2D eigenvalue weighted by Gasteiger charge is -1.99. The summed E-state index contributed by atoms with van der Waals surface area (Å²) in [6.07, 6.45) is -0.432. The number of halogens is 1. The average molecular weight is 180 g/mol. The Morgan fingerprint density at radius 2 is 2.42 bits per heavy atom. The third kappa shape index (κ3) is 0.989. The van der Waals surface area contributed by atoms with Crippen LogP contribution >= 0.6 is 11.6 Å². The average Bonchev–Trinajstić information content (AvgIpc) is 2.49. The monoisotopic (exact) mass is 179 g/mol. The first-order valence-corrected chi connectivity index (χ1v) is 3.99. The van der Waals surface area contributed by atoms with E-state index in [0.29, 0.717) is 11.6 Å². The van der Waals surface area contributed by atoms with E-state index in [1.165, 1.54) is 0 Å². The van der Waals surface area contributed by atoms with Crippen molar-refractivity contribution in [1.29, 1.82) is 5.26 Å². The van der Waals surface area contributed by atoms with Crippen LogP contribution in [0.2, 0.25) is 5.02 Å². The molecule has 1 aromatic rings. The summed E-state index contributed by atoms with van der Waals surface area (Å²) < 4.78 is 5.21. The van der Waals surface area contributed by atoms with E-state index in [9.17, 15) is 0 Å². The normalized spacial score (nSPS) is 20.2. The molecule has 1 aromatic carbocycles. The Hall–Kier alpha value is -1.04. The SMILES string of the molecule is N#CC1OCc2c(Cl)cccc21. The van der Waals surface area contributed by atoms with Crippen LogP contribution in [0.25, 0.3) is 0 Å². The molecule has 2 nitrogen and oxygen atoms in total. The number of nitrogens with zero attached hydrogens (tertiary/aromatic N) is 1. The molecule has 1 aliphatic rings. The van der Waals surface area contributed by atoms with Crippen molar-refractivity contribution in [3.8, 4) is 6.07 Å². The van der Waals surface area contributed by atoms with E-state index >= 15 is 0 Å². The van der Waals surface area contributed by atoms with Gasteiger partial charge in [-0.2, -0.15) is 5.26 Å². The van der Waals surface area contributed by atoms with Crippen LogP contribution in [0.1, 0.15) is 17.2 Å². The number of hydrogen-bond donors (Lipinski definition) is 0. The summed E-state index contributed by atoms with van der Waals surface area (Å²) in [6, 6.07) is 7.59. The van der Waals surface area contributed by atoms with Crippen molar-refractivity contribution in [3.63, 3.8) is 0 Å². The minimum Gasteiger partial charge on any atom is -0.354 e. The Morgan fingerprint density at radius 1 is 1.58 bits per heavy atom. The van der Waals surface area contributed by atoms with Gasteiger partial charge < -0.3 is 4.74 Å². The van der Waals surface area contributed by atoms with Gasteiger partial charge in [-0.15, -0.1) is 0 Å². The first-order valence-electron chi connectivity index (χ1n) is 3.61. The van der Waals surface area contributed by atoms with Gasteiger partial charge in [-0.3, -0.25) is 0 Å². The number of hydrogen-bond acceptors (Lipinski definition) is 2. The molecule has 2 rings (SSSR count). The van der Waals surface area contributed by atoms with E-state index in [1.807, 2.05) is 18.2 Å². The Balaban J connectivity index is 2.55. The van der Waals surface area contributed by atoms with Gasteiger partial charge in [0.15, 0.2) is 6.10 Å². The van der Waals surface area contributed by atoms with E-state index in [4.69, 9.17) is 21.6 Å². The second kappa shape index (κ2) is 2.78. The van der Waals surface area contributed by atoms with Crippen LogP contribution in [-0.2, 0) is 11.3 Å². The molecule has 0 amide bonds. The summed E-state index contributed by atoms with van der Waals surface area (Å²) >= 11 is 5.90. The van der Waals surface area contributed by atoms with Gasteiger partial charge in [-0.25, -0.2) is 0 Å². The van der Waals surface area contributed by atoms with Crippen molar-refractivity contribution in [1.82, 2.24) is 0 Å². The molecule has 0 saturated heterocycles. The van der Waals surface area contributed by atoms with Crippen LogP contribution in [0, 0.1) is 11.3 Å². The molecule has 1 aliphatic heterocycles. The molecule has 0 radical (unpaired) electrons. The summed E-state index contributed by atoms with van der Waals surface area (Å²) in [5.41, 5.74) is 1.86. The van der Waals surface area contributed by atoms with Gasteiger partial charge >= 0.3 is 0 Å². The van der Waals surface area contributed by atoms with Crippen molar-refractivity contribution in [2.75, 3.05) is 0 Å². The summed E-state index contributed by atoms with van der Waals surface area (Å²) in [5, 5.41) is 9.37. The third-order valence-corrected chi connectivity index (χ3v) is 2.30. The molecule has 0 bridgehead atoms. The van der Waals surface area contributed by atoms with Gasteiger partial charge in [0.05, 0.1) is 12.7 Å². The number of ether oxygens (including phenoxy) is 1. The number of benzene rings is 1. The minimum absolute atomic E-state index is 0.432. The zero-order valence-corrected chi connectivity index (χ0v) is 7.01. The van der Waals surface area contributed by atoms with Gasteiger partial charge in [0.1, 0.15) is 0 Å². The van der Waals surface area contributed by atoms with Crippen molar-refractivity contribution in [2.45, 2.75) is 12.7 Å². The van der Waals surface area contributed by atoms with Crippen LogP contribution < -0.4 is 0 Å². The summed E-state index contributed by atoms with van der Waals surface area (Å²) in [5.74, 6) is 0. The van der Waals surface area contributed by atoms with Gasteiger partial charge in [-0.1, -0.05) is 23.7 Å². The van der Waals surface area contributed by atoms with Gasteiger partial charge in [0.25, 0.3) is 0 Å². The van der Waals surface area contributed by atoms with Crippen LogP contribution in [0.5, 0.6) is 0 Å². The van der Waals surface area contributed by atoms with Crippen LogP contribution in [-0.4, -0.2) is 0 Å². The van der Waals surface area contributed by atoms with E-state index < -0.39 is 6.10 Å². The summed E-state index contributed by atoms with van der Waals surface area (Å²) in [4.78, 5) is 0. The largest absolute Gasteiger partial charge is 0.354 e. The molecular formula is C9H6ClNO.